The average Bonchev–Trinajstić information content (AvgIpc) is 2.67. The molecule has 1 amide bonds. The van der Waals surface area contributed by atoms with Crippen LogP contribution < -0.4 is 10.6 Å². The van der Waals surface area contributed by atoms with E-state index in [0.29, 0.717) is 29.5 Å². The van der Waals surface area contributed by atoms with Gasteiger partial charge >= 0.3 is 0 Å². The van der Waals surface area contributed by atoms with E-state index in [1.807, 2.05) is 42.5 Å². The smallest absolute Gasteiger partial charge is 0.253 e. The van der Waals surface area contributed by atoms with E-state index in [1.54, 1.807) is 24.5 Å². The van der Waals surface area contributed by atoms with Gasteiger partial charge in [0.15, 0.2) is 0 Å². The zero-order chi connectivity index (χ0) is 17.5. The third-order valence-corrected chi connectivity index (χ3v) is 3.82. The average molecular weight is 353 g/mol. The molecule has 0 bridgehead atoms. The van der Waals surface area contributed by atoms with E-state index in [9.17, 15) is 4.79 Å². The van der Waals surface area contributed by atoms with Crippen LogP contribution >= 0.6 is 11.6 Å². The highest BCUT2D eigenvalue weighted by Gasteiger charge is 2.06. The second-order valence-electron chi connectivity index (χ2n) is 5.42. The summed E-state index contributed by atoms with van der Waals surface area (Å²) in [6, 6.07) is 16.7. The molecular weight excluding hydrogens is 336 g/mol. The Morgan fingerprint density at radius 2 is 1.80 bits per heavy atom. The highest BCUT2D eigenvalue weighted by Crippen LogP contribution is 2.11. The number of hydrogen-bond acceptors (Lipinski definition) is 4. The number of hydrogen-bond donors (Lipinski definition) is 2. The molecule has 2 heterocycles. The fraction of sp³-hybridized carbons (Fsp3) is 0.105. The Labute approximate surface area is 151 Å². The maximum atomic E-state index is 12.1. The summed E-state index contributed by atoms with van der Waals surface area (Å²) in [5.74, 6) is 0.527. The van der Waals surface area contributed by atoms with Gasteiger partial charge in [0.25, 0.3) is 5.91 Å². The van der Waals surface area contributed by atoms with Crippen molar-refractivity contribution in [1.29, 1.82) is 0 Å². The largest absolute Gasteiger partial charge is 0.366 e. The van der Waals surface area contributed by atoms with Gasteiger partial charge in [-0.2, -0.15) is 0 Å². The second-order valence-corrected chi connectivity index (χ2v) is 5.85. The van der Waals surface area contributed by atoms with Gasteiger partial charge in [-0.05, 0) is 42.0 Å². The predicted octanol–water partition coefficient (Wildman–Crippen LogP) is 3.67. The fourth-order valence-corrected chi connectivity index (χ4v) is 2.33. The first-order valence-electron chi connectivity index (χ1n) is 7.83. The monoisotopic (exact) mass is 352 g/mol. The van der Waals surface area contributed by atoms with Crippen LogP contribution in [0.25, 0.3) is 0 Å². The molecule has 0 aliphatic rings. The minimum absolute atomic E-state index is 0.178. The molecule has 0 atom stereocenters. The predicted molar refractivity (Wildman–Crippen MR) is 98.4 cm³/mol. The quantitative estimate of drug-likeness (QED) is 0.710. The number of aromatic nitrogens is 2. The molecule has 0 unspecified atom stereocenters. The van der Waals surface area contributed by atoms with Gasteiger partial charge in [0.05, 0.1) is 17.8 Å². The Bertz CT molecular complexity index is 820. The van der Waals surface area contributed by atoms with E-state index in [4.69, 9.17) is 11.6 Å². The number of benzene rings is 1. The van der Waals surface area contributed by atoms with Crippen molar-refractivity contribution >= 4 is 23.3 Å². The van der Waals surface area contributed by atoms with Crippen molar-refractivity contribution in [3.8, 4) is 0 Å². The normalized spacial score (nSPS) is 10.3. The molecule has 3 aromatic rings. The molecule has 1 aromatic carbocycles. The summed E-state index contributed by atoms with van der Waals surface area (Å²) in [6.07, 6.45) is 3.25. The molecule has 126 valence electrons. The standard InChI is InChI=1S/C19H17ClN4O/c20-16-7-4-14(5-8-16)11-22-18-9-6-15(12-23-18)19(25)24-13-17-3-1-2-10-21-17/h1-10,12H,11,13H2,(H,22,23)(H,24,25). The van der Waals surface area contributed by atoms with E-state index in [1.165, 1.54) is 0 Å². The van der Waals surface area contributed by atoms with Crippen molar-refractivity contribution in [3.05, 3.63) is 88.8 Å². The number of carbonyl (C=O) groups excluding carboxylic acids is 1. The number of pyridine rings is 2. The molecule has 0 radical (unpaired) electrons. The summed E-state index contributed by atoms with van der Waals surface area (Å²) in [5, 5.41) is 6.74. The summed E-state index contributed by atoms with van der Waals surface area (Å²) in [6.45, 7) is 1.02. The van der Waals surface area contributed by atoms with Crippen molar-refractivity contribution in [1.82, 2.24) is 15.3 Å². The Morgan fingerprint density at radius 1 is 0.960 bits per heavy atom. The van der Waals surface area contributed by atoms with Crippen molar-refractivity contribution in [3.63, 3.8) is 0 Å². The topological polar surface area (TPSA) is 66.9 Å². The minimum atomic E-state index is -0.178. The number of amides is 1. The number of nitrogens with zero attached hydrogens (tertiary/aromatic N) is 2. The van der Waals surface area contributed by atoms with Crippen LogP contribution in [0.1, 0.15) is 21.6 Å². The molecule has 3 rings (SSSR count). The minimum Gasteiger partial charge on any atom is -0.366 e. The van der Waals surface area contributed by atoms with Gasteiger partial charge in [0, 0.05) is 24.0 Å². The Hall–Kier alpha value is -2.92. The molecule has 2 N–H and O–H groups in total. The van der Waals surface area contributed by atoms with Gasteiger partial charge in [-0.25, -0.2) is 4.98 Å². The first kappa shape index (κ1) is 16.9. The molecular formula is C19H17ClN4O. The third-order valence-electron chi connectivity index (χ3n) is 3.57. The molecule has 0 spiro atoms. The van der Waals surface area contributed by atoms with Crippen molar-refractivity contribution in [2.24, 2.45) is 0 Å². The molecule has 0 aliphatic carbocycles. The second kappa shape index (κ2) is 8.26. The maximum Gasteiger partial charge on any atom is 0.253 e. The van der Waals surface area contributed by atoms with Gasteiger partial charge < -0.3 is 10.6 Å². The van der Waals surface area contributed by atoms with Crippen LogP contribution in [-0.2, 0) is 13.1 Å². The molecule has 25 heavy (non-hydrogen) atoms. The summed E-state index contributed by atoms with van der Waals surface area (Å²) < 4.78 is 0. The number of halogens is 1. The first-order chi connectivity index (χ1) is 12.2. The number of rotatable bonds is 6. The molecule has 2 aromatic heterocycles. The first-order valence-corrected chi connectivity index (χ1v) is 8.21. The lowest BCUT2D eigenvalue weighted by molar-refractivity contribution is 0.0950. The summed E-state index contributed by atoms with van der Waals surface area (Å²) >= 11 is 5.87. The number of anilines is 1. The summed E-state index contributed by atoms with van der Waals surface area (Å²) in [4.78, 5) is 20.6. The van der Waals surface area contributed by atoms with Crippen molar-refractivity contribution < 1.29 is 4.79 Å². The zero-order valence-electron chi connectivity index (χ0n) is 13.4. The summed E-state index contributed by atoms with van der Waals surface area (Å²) in [5.41, 5.74) is 2.42. The van der Waals surface area contributed by atoms with Gasteiger partial charge in [0.1, 0.15) is 5.82 Å². The zero-order valence-corrected chi connectivity index (χ0v) is 14.2. The molecule has 0 fully saturated rings. The lowest BCUT2D eigenvalue weighted by Crippen LogP contribution is -2.23. The SMILES string of the molecule is O=C(NCc1ccccn1)c1ccc(NCc2ccc(Cl)cc2)nc1. The van der Waals surface area contributed by atoms with E-state index in [0.717, 1.165) is 11.3 Å². The molecule has 6 heteroatoms. The molecule has 0 aliphatic heterocycles. The molecule has 5 nitrogen and oxygen atoms in total. The lowest BCUT2D eigenvalue weighted by Gasteiger charge is -2.08. The Kier molecular flexibility index (Phi) is 5.59. The van der Waals surface area contributed by atoms with Gasteiger partial charge in [-0.1, -0.05) is 29.8 Å². The number of nitrogens with one attached hydrogen (secondary N) is 2. The third kappa shape index (κ3) is 5.02. The van der Waals surface area contributed by atoms with E-state index < -0.39 is 0 Å². The van der Waals surface area contributed by atoms with E-state index >= 15 is 0 Å². The van der Waals surface area contributed by atoms with Gasteiger partial charge in [-0.3, -0.25) is 9.78 Å². The summed E-state index contributed by atoms with van der Waals surface area (Å²) in [7, 11) is 0. The fourth-order valence-electron chi connectivity index (χ4n) is 2.20. The number of carbonyl (C=O) groups is 1. The van der Waals surface area contributed by atoms with E-state index in [-0.39, 0.29) is 5.91 Å². The lowest BCUT2D eigenvalue weighted by atomic mass is 10.2. The van der Waals surface area contributed by atoms with Crippen LogP contribution in [0.4, 0.5) is 5.82 Å². The van der Waals surface area contributed by atoms with Gasteiger partial charge in [0.2, 0.25) is 0 Å². The maximum absolute atomic E-state index is 12.1. The van der Waals surface area contributed by atoms with Crippen LogP contribution in [0.15, 0.2) is 67.0 Å². The van der Waals surface area contributed by atoms with Crippen molar-refractivity contribution in [2.45, 2.75) is 13.1 Å². The Morgan fingerprint density at radius 3 is 2.48 bits per heavy atom. The van der Waals surface area contributed by atoms with Crippen LogP contribution in [0, 0.1) is 0 Å². The highest BCUT2D eigenvalue weighted by molar-refractivity contribution is 6.30. The van der Waals surface area contributed by atoms with Crippen LogP contribution in [0.2, 0.25) is 5.02 Å². The highest BCUT2D eigenvalue weighted by atomic mass is 35.5. The molecule has 0 saturated heterocycles. The Balaban J connectivity index is 1.52. The van der Waals surface area contributed by atoms with Crippen LogP contribution in [0.3, 0.4) is 0 Å². The van der Waals surface area contributed by atoms with Crippen LogP contribution in [-0.4, -0.2) is 15.9 Å². The van der Waals surface area contributed by atoms with Crippen molar-refractivity contribution in [2.75, 3.05) is 5.32 Å². The van der Waals surface area contributed by atoms with Crippen LogP contribution in [0.5, 0.6) is 0 Å². The van der Waals surface area contributed by atoms with Gasteiger partial charge in [-0.15, -0.1) is 0 Å². The molecule has 0 saturated carbocycles. The van der Waals surface area contributed by atoms with E-state index in [2.05, 4.69) is 20.6 Å².